The minimum absolute atomic E-state index is 0.304. The Labute approximate surface area is 200 Å². The van der Waals surface area contributed by atoms with E-state index in [4.69, 9.17) is 4.74 Å². The van der Waals surface area contributed by atoms with Gasteiger partial charge >= 0.3 is 0 Å². The summed E-state index contributed by atoms with van der Waals surface area (Å²) < 4.78 is 5.53. The number of carbonyl (C=O) groups excluding carboxylic acids is 2. The van der Waals surface area contributed by atoms with E-state index in [1.165, 1.54) is 16.0 Å². The first kappa shape index (κ1) is 22.0. The van der Waals surface area contributed by atoms with Crippen LogP contribution in [-0.2, 0) is 22.6 Å². The van der Waals surface area contributed by atoms with Gasteiger partial charge < -0.3 is 9.64 Å². The van der Waals surface area contributed by atoms with E-state index in [-0.39, 0.29) is 11.8 Å². The van der Waals surface area contributed by atoms with Crippen LogP contribution >= 0.6 is 0 Å². The smallest absolute Gasteiger partial charge is 0.282 e. The molecule has 0 atom stereocenters. The Morgan fingerprint density at radius 2 is 1.59 bits per heavy atom. The standard InChI is InChI=1S/C29H28N2O3/c1-18-9-12-25(34-4)24(15-18)31-28(32)26(22-11-10-19(2)20(3)16-22)27(29(31)33)30-14-13-21-7-5-6-8-23(21)17-30/h5-12,15-16H,13-14,17H2,1-4H3. The first-order valence-electron chi connectivity index (χ1n) is 11.6. The Hall–Kier alpha value is -3.86. The van der Waals surface area contributed by atoms with Crippen molar-refractivity contribution in [1.82, 2.24) is 4.90 Å². The maximum Gasteiger partial charge on any atom is 0.282 e. The van der Waals surface area contributed by atoms with E-state index in [1.807, 2.05) is 63.2 Å². The molecule has 0 radical (unpaired) electrons. The Morgan fingerprint density at radius 1 is 0.824 bits per heavy atom. The van der Waals surface area contributed by atoms with Gasteiger partial charge in [0, 0.05) is 13.1 Å². The quantitative estimate of drug-likeness (QED) is 0.525. The molecule has 0 unspecified atom stereocenters. The highest BCUT2D eigenvalue weighted by Gasteiger charge is 2.44. The predicted octanol–water partition coefficient (Wildman–Crippen LogP) is 4.96. The summed E-state index contributed by atoms with van der Waals surface area (Å²) >= 11 is 0. The molecule has 0 aromatic heterocycles. The molecule has 0 aliphatic carbocycles. The average molecular weight is 453 g/mol. The molecule has 3 aromatic carbocycles. The molecule has 5 heteroatoms. The van der Waals surface area contributed by atoms with Crippen LogP contribution in [0, 0.1) is 20.8 Å². The van der Waals surface area contributed by atoms with E-state index in [9.17, 15) is 9.59 Å². The van der Waals surface area contributed by atoms with Crippen LogP contribution in [0.1, 0.15) is 33.4 Å². The van der Waals surface area contributed by atoms with Crippen LogP contribution in [0.5, 0.6) is 5.75 Å². The van der Waals surface area contributed by atoms with Gasteiger partial charge in [0.1, 0.15) is 11.4 Å². The molecule has 5 nitrogen and oxygen atoms in total. The third kappa shape index (κ3) is 3.58. The van der Waals surface area contributed by atoms with Crippen molar-refractivity contribution in [2.45, 2.75) is 33.7 Å². The zero-order valence-electron chi connectivity index (χ0n) is 20.0. The predicted molar refractivity (Wildman–Crippen MR) is 134 cm³/mol. The van der Waals surface area contributed by atoms with Crippen molar-refractivity contribution in [2.24, 2.45) is 0 Å². The summed E-state index contributed by atoms with van der Waals surface area (Å²) in [5.74, 6) is -0.121. The molecule has 0 bridgehead atoms. The van der Waals surface area contributed by atoms with Crippen LogP contribution in [0.3, 0.4) is 0 Å². The molecule has 0 N–H and O–H groups in total. The third-order valence-corrected chi connectivity index (χ3v) is 6.88. The molecule has 0 spiro atoms. The molecule has 5 rings (SSSR count). The number of imide groups is 1. The third-order valence-electron chi connectivity index (χ3n) is 6.88. The van der Waals surface area contributed by atoms with Gasteiger partial charge in [-0.15, -0.1) is 0 Å². The van der Waals surface area contributed by atoms with Gasteiger partial charge in [-0.2, -0.15) is 0 Å². The van der Waals surface area contributed by atoms with Gasteiger partial charge in [-0.3, -0.25) is 9.59 Å². The number of hydrogen-bond donors (Lipinski definition) is 0. The number of fused-ring (bicyclic) bond motifs is 1. The van der Waals surface area contributed by atoms with E-state index < -0.39 is 0 Å². The number of amides is 2. The van der Waals surface area contributed by atoms with Crippen LogP contribution in [0.25, 0.3) is 5.57 Å². The van der Waals surface area contributed by atoms with Gasteiger partial charge in [-0.1, -0.05) is 48.5 Å². The Bertz CT molecular complexity index is 1360. The fourth-order valence-corrected chi connectivity index (χ4v) is 4.85. The van der Waals surface area contributed by atoms with E-state index in [0.29, 0.717) is 35.8 Å². The molecule has 3 aromatic rings. The van der Waals surface area contributed by atoms with Crippen molar-refractivity contribution in [3.8, 4) is 5.75 Å². The lowest BCUT2D eigenvalue weighted by atomic mass is 9.96. The largest absolute Gasteiger partial charge is 0.495 e. The summed E-state index contributed by atoms with van der Waals surface area (Å²) in [6.07, 6.45) is 0.828. The van der Waals surface area contributed by atoms with Crippen molar-refractivity contribution in [3.63, 3.8) is 0 Å². The summed E-state index contributed by atoms with van der Waals surface area (Å²) in [4.78, 5) is 31.3. The number of aryl methyl sites for hydroxylation is 3. The van der Waals surface area contributed by atoms with Crippen molar-refractivity contribution in [1.29, 1.82) is 0 Å². The maximum atomic E-state index is 14.0. The van der Waals surface area contributed by atoms with Crippen LogP contribution in [0.15, 0.2) is 66.4 Å². The van der Waals surface area contributed by atoms with Gasteiger partial charge in [0.05, 0.1) is 18.4 Å². The lowest BCUT2D eigenvalue weighted by Gasteiger charge is -2.31. The highest BCUT2D eigenvalue weighted by atomic mass is 16.5. The second-order valence-corrected chi connectivity index (χ2v) is 9.08. The molecule has 2 aliphatic heterocycles. The Morgan fingerprint density at radius 3 is 2.32 bits per heavy atom. The van der Waals surface area contributed by atoms with E-state index in [2.05, 4.69) is 17.0 Å². The molecule has 2 amide bonds. The number of ether oxygens (including phenoxy) is 1. The molecular formula is C29H28N2O3. The molecule has 34 heavy (non-hydrogen) atoms. The number of methoxy groups -OCH3 is 1. The number of nitrogens with zero attached hydrogens (tertiary/aromatic N) is 2. The van der Waals surface area contributed by atoms with Crippen LogP contribution in [0.4, 0.5) is 5.69 Å². The minimum Gasteiger partial charge on any atom is -0.495 e. The number of rotatable bonds is 4. The normalized spacial score (nSPS) is 15.8. The van der Waals surface area contributed by atoms with Crippen molar-refractivity contribution in [2.75, 3.05) is 18.6 Å². The average Bonchev–Trinajstić information content (AvgIpc) is 3.10. The van der Waals surface area contributed by atoms with Crippen molar-refractivity contribution in [3.05, 3.63) is 99.7 Å². The number of carbonyl (C=O) groups is 2. The lowest BCUT2D eigenvalue weighted by molar-refractivity contribution is -0.120. The van der Waals surface area contributed by atoms with Crippen LogP contribution in [0.2, 0.25) is 0 Å². The summed E-state index contributed by atoms with van der Waals surface area (Å²) in [7, 11) is 1.55. The topological polar surface area (TPSA) is 49.9 Å². The molecular weight excluding hydrogens is 424 g/mol. The first-order chi connectivity index (χ1) is 16.4. The highest BCUT2D eigenvalue weighted by molar-refractivity contribution is 6.45. The second-order valence-electron chi connectivity index (χ2n) is 9.08. The second kappa shape index (κ2) is 8.49. The maximum absolute atomic E-state index is 14.0. The summed E-state index contributed by atoms with van der Waals surface area (Å²) in [6, 6.07) is 19.8. The number of anilines is 1. The molecule has 172 valence electrons. The highest BCUT2D eigenvalue weighted by Crippen LogP contribution is 2.40. The summed E-state index contributed by atoms with van der Waals surface area (Å²) in [5, 5.41) is 0. The summed E-state index contributed by atoms with van der Waals surface area (Å²) in [6.45, 7) is 7.28. The molecule has 0 saturated carbocycles. The zero-order chi connectivity index (χ0) is 24.0. The Balaban J connectivity index is 1.66. The van der Waals surface area contributed by atoms with Gasteiger partial charge in [-0.25, -0.2) is 4.90 Å². The van der Waals surface area contributed by atoms with Gasteiger partial charge in [-0.05, 0) is 72.7 Å². The zero-order valence-corrected chi connectivity index (χ0v) is 20.0. The molecule has 2 aliphatic rings. The van der Waals surface area contributed by atoms with E-state index in [1.54, 1.807) is 13.2 Å². The van der Waals surface area contributed by atoms with E-state index in [0.717, 1.165) is 28.7 Å². The number of benzene rings is 3. The van der Waals surface area contributed by atoms with Crippen LogP contribution < -0.4 is 9.64 Å². The molecule has 0 saturated heterocycles. The van der Waals surface area contributed by atoms with Gasteiger partial charge in [0.25, 0.3) is 11.8 Å². The van der Waals surface area contributed by atoms with Gasteiger partial charge in [0.15, 0.2) is 0 Å². The monoisotopic (exact) mass is 452 g/mol. The molecule has 2 heterocycles. The molecule has 0 fully saturated rings. The SMILES string of the molecule is COc1ccc(C)cc1N1C(=O)C(c2ccc(C)c(C)c2)=C(N2CCc3ccccc3C2)C1=O. The van der Waals surface area contributed by atoms with Crippen molar-refractivity contribution < 1.29 is 14.3 Å². The van der Waals surface area contributed by atoms with Crippen molar-refractivity contribution >= 4 is 23.1 Å². The first-order valence-corrected chi connectivity index (χ1v) is 11.6. The Kier molecular flexibility index (Phi) is 5.48. The van der Waals surface area contributed by atoms with Gasteiger partial charge in [0.2, 0.25) is 0 Å². The van der Waals surface area contributed by atoms with E-state index >= 15 is 0 Å². The fourth-order valence-electron chi connectivity index (χ4n) is 4.85. The minimum atomic E-state index is -0.314. The number of hydrogen-bond acceptors (Lipinski definition) is 4. The van der Waals surface area contributed by atoms with Crippen LogP contribution in [-0.4, -0.2) is 30.4 Å². The lowest BCUT2D eigenvalue weighted by Crippen LogP contribution is -2.37. The summed E-state index contributed by atoms with van der Waals surface area (Å²) in [5.41, 5.74) is 7.82. The fraction of sp³-hybridized carbons (Fsp3) is 0.241.